The highest BCUT2D eigenvalue weighted by atomic mass is 127. The summed E-state index contributed by atoms with van der Waals surface area (Å²) in [6.07, 6.45) is -4.94. The highest BCUT2D eigenvalue weighted by molar-refractivity contribution is 14.1. The molecule has 0 atom stereocenters. The fraction of sp³-hybridized carbons (Fsp3) is 0.400. The maximum absolute atomic E-state index is 12.1. The summed E-state index contributed by atoms with van der Waals surface area (Å²) in [5, 5.41) is 0. The number of pyridine rings is 1. The lowest BCUT2D eigenvalue weighted by molar-refractivity contribution is -0.276. The molecule has 9 heteroatoms. The van der Waals surface area contributed by atoms with E-state index in [1.54, 1.807) is 22.6 Å². The van der Waals surface area contributed by atoms with Crippen LogP contribution >= 0.6 is 34.2 Å². The molecule has 0 bridgehead atoms. The second kappa shape index (κ2) is 6.60. The fourth-order valence-corrected chi connectivity index (χ4v) is 2.27. The predicted octanol–water partition coefficient (Wildman–Crippen LogP) is 3.04. The summed E-state index contributed by atoms with van der Waals surface area (Å²) < 4.78 is 44.7. The van der Waals surface area contributed by atoms with E-state index in [-0.39, 0.29) is 16.0 Å². The van der Waals surface area contributed by atoms with Crippen molar-refractivity contribution in [1.29, 1.82) is 0 Å². The van der Waals surface area contributed by atoms with Crippen molar-refractivity contribution in [3.05, 3.63) is 20.9 Å². The number of carbonyl (C=O) groups is 1. The van der Waals surface area contributed by atoms with E-state index in [2.05, 4.69) is 14.5 Å². The van der Waals surface area contributed by atoms with E-state index >= 15 is 0 Å². The summed E-state index contributed by atoms with van der Waals surface area (Å²) in [5.74, 6) is -1.21. The Morgan fingerprint density at radius 1 is 1.53 bits per heavy atom. The van der Waals surface area contributed by atoms with Crippen LogP contribution < -0.4 is 4.74 Å². The molecule has 0 radical (unpaired) electrons. The van der Waals surface area contributed by atoms with Gasteiger partial charge in [-0.05, 0) is 33.7 Å². The van der Waals surface area contributed by atoms with Gasteiger partial charge in [0.2, 0.25) is 5.88 Å². The van der Waals surface area contributed by atoms with Gasteiger partial charge in [0.05, 0.1) is 13.5 Å². The lowest BCUT2D eigenvalue weighted by Crippen LogP contribution is -2.19. The molecule has 4 nitrogen and oxygen atoms in total. The monoisotopic (exact) mass is 409 g/mol. The first-order valence-corrected chi connectivity index (χ1v) is 6.45. The number of nitrogens with zero attached hydrogens (tertiary/aromatic N) is 1. The third kappa shape index (κ3) is 5.01. The first-order valence-electron chi connectivity index (χ1n) is 4.83. The zero-order valence-electron chi connectivity index (χ0n) is 9.55. The number of rotatable bonds is 4. The molecule has 1 heterocycles. The minimum atomic E-state index is -4.83. The highest BCUT2D eigenvalue weighted by Crippen LogP contribution is 2.27. The van der Waals surface area contributed by atoms with E-state index in [0.717, 1.165) is 6.07 Å². The van der Waals surface area contributed by atoms with Crippen LogP contribution in [0.1, 0.15) is 11.1 Å². The van der Waals surface area contributed by atoms with Crippen molar-refractivity contribution >= 4 is 40.2 Å². The van der Waals surface area contributed by atoms with Gasteiger partial charge in [-0.15, -0.1) is 24.8 Å². The normalized spacial score (nSPS) is 11.3. The second-order valence-electron chi connectivity index (χ2n) is 3.32. The van der Waals surface area contributed by atoms with Gasteiger partial charge in [-0.1, -0.05) is 0 Å². The molecule has 0 saturated carbocycles. The first-order chi connectivity index (χ1) is 8.76. The summed E-state index contributed by atoms with van der Waals surface area (Å²) in [7, 11) is 1.21. The van der Waals surface area contributed by atoms with Crippen LogP contribution in [-0.2, 0) is 21.8 Å². The number of halogens is 5. The smallest absolute Gasteiger partial charge is 0.469 e. The Kier molecular flexibility index (Phi) is 5.65. The summed E-state index contributed by atoms with van der Waals surface area (Å²) in [6.45, 7) is 0. The Morgan fingerprint density at radius 2 is 2.16 bits per heavy atom. The average molecular weight is 410 g/mol. The molecule has 0 saturated heterocycles. The van der Waals surface area contributed by atoms with Crippen molar-refractivity contribution in [3.8, 4) is 5.88 Å². The number of methoxy groups -OCH3 is 1. The molecule has 0 aliphatic carbocycles. The van der Waals surface area contributed by atoms with Crippen LogP contribution in [0.4, 0.5) is 13.2 Å². The number of carbonyl (C=O) groups excluding carboxylic acids is 1. The maximum Gasteiger partial charge on any atom is 0.574 e. The molecule has 0 amide bonds. The highest BCUT2D eigenvalue weighted by Gasteiger charge is 2.32. The molecule has 0 aliphatic rings. The Morgan fingerprint density at radius 3 is 2.63 bits per heavy atom. The summed E-state index contributed by atoms with van der Waals surface area (Å²) in [4.78, 5) is 14.8. The number of aromatic nitrogens is 1. The van der Waals surface area contributed by atoms with Crippen molar-refractivity contribution < 1.29 is 27.4 Å². The zero-order valence-corrected chi connectivity index (χ0v) is 12.5. The summed E-state index contributed by atoms with van der Waals surface area (Å²) in [6, 6.07) is 1.06. The molecular formula is C10H8ClF3INO3. The third-order valence-corrected chi connectivity index (χ3v) is 3.24. The van der Waals surface area contributed by atoms with Crippen LogP contribution in [0, 0.1) is 3.70 Å². The van der Waals surface area contributed by atoms with Crippen LogP contribution in [0.3, 0.4) is 0 Å². The zero-order chi connectivity index (χ0) is 14.6. The fourth-order valence-electron chi connectivity index (χ4n) is 1.26. The number of esters is 1. The minimum Gasteiger partial charge on any atom is -0.469 e. The standard InChI is InChI=1S/C10H8ClF3INO3/c1-18-8(17)3-6-5(4-11)2-7(16-9(6)15)19-10(12,13)14/h2H,3-4H2,1H3. The number of ether oxygens (including phenoxy) is 2. The number of hydrogen-bond donors (Lipinski definition) is 0. The molecule has 0 aromatic carbocycles. The molecule has 0 unspecified atom stereocenters. The van der Waals surface area contributed by atoms with E-state index in [4.69, 9.17) is 11.6 Å². The molecule has 19 heavy (non-hydrogen) atoms. The van der Waals surface area contributed by atoms with Gasteiger partial charge in [-0.2, -0.15) is 0 Å². The van der Waals surface area contributed by atoms with E-state index in [1.807, 2.05) is 0 Å². The number of alkyl halides is 4. The molecule has 0 spiro atoms. The van der Waals surface area contributed by atoms with Crippen molar-refractivity contribution in [3.63, 3.8) is 0 Å². The van der Waals surface area contributed by atoms with Crippen LogP contribution in [-0.4, -0.2) is 24.4 Å². The molecule has 1 aromatic heterocycles. The van der Waals surface area contributed by atoms with Crippen molar-refractivity contribution in [2.45, 2.75) is 18.7 Å². The van der Waals surface area contributed by atoms with Crippen molar-refractivity contribution in [2.75, 3.05) is 7.11 Å². The topological polar surface area (TPSA) is 48.4 Å². The van der Waals surface area contributed by atoms with Gasteiger partial charge in [-0.3, -0.25) is 4.79 Å². The van der Waals surface area contributed by atoms with Gasteiger partial charge in [0.15, 0.2) is 0 Å². The Balaban J connectivity index is 3.11. The Labute approximate surface area is 125 Å². The van der Waals surface area contributed by atoms with E-state index < -0.39 is 18.2 Å². The van der Waals surface area contributed by atoms with Crippen molar-refractivity contribution in [1.82, 2.24) is 4.98 Å². The largest absolute Gasteiger partial charge is 0.574 e. The maximum atomic E-state index is 12.1. The molecule has 106 valence electrons. The van der Waals surface area contributed by atoms with Crippen LogP contribution in [0.25, 0.3) is 0 Å². The predicted molar refractivity (Wildman–Crippen MR) is 68.9 cm³/mol. The molecule has 1 rings (SSSR count). The SMILES string of the molecule is COC(=O)Cc1c(CCl)cc(OC(F)(F)F)nc1I. The minimum absolute atomic E-state index is 0.0704. The first kappa shape index (κ1) is 16.3. The van der Waals surface area contributed by atoms with Crippen LogP contribution in [0.2, 0.25) is 0 Å². The molecule has 0 N–H and O–H groups in total. The van der Waals surface area contributed by atoms with E-state index in [1.165, 1.54) is 7.11 Å². The van der Waals surface area contributed by atoms with Crippen LogP contribution in [0.5, 0.6) is 5.88 Å². The quantitative estimate of drug-likeness (QED) is 0.332. The van der Waals surface area contributed by atoms with Crippen molar-refractivity contribution in [2.24, 2.45) is 0 Å². The van der Waals surface area contributed by atoms with Gasteiger partial charge >= 0.3 is 12.3 Å². The second-order valence-corrected chi connectivity index (χ2v) is 4.61. The molecule has 0 aliphatic heterocycles. The molecule has 1 aromatic rings. The molecule has 0 fully saturated rings. The number of hydrogen-bond acceptors (Lipinski definition) is 4. The Bertz CT molecular complexity index is 482. The van der Waals surface area contributed by atoms with Gasteiger partial charge < -0.3 is 9.47 Å². The average Bonchev–Trinajstić information content (AvgIpc) is 2.29. The van der Waals surface area contributed by atoms with E-state index in [9.17, 15) is 18.0 Å². The lowest BCUT2D eigenvalue weighted by atomic mass is 10.1. The summed E-state index contributed by atoms with van der Waals surface area (Å²) in [5.41, 5.74) is 0.766. The van der Waals surface area contributed by atoms with Gasteiger partial charge in [0, 0.05) is 11.9 Å². The third-order valence-electron chi connectivity index (χ3n) is 2.06. The van der Waals surface area contributed by atoms with Gasteiger partial charge in [0.1, 0.15) is 3.70 Å². The molecular weight excluding hydrogens is 401 g/mol. The Hall–Kier alpha value is -0.770. The lowest BCUT2D eigenvalue weighted by Gasteiger charge is -2.13. The van der Waals surface area contributed by atoms with Crippen LogP contribution in [0.15, 0.2) is 6.07 Å². The van der Waals surface area contributed by atoms with Gasteiger partial charge in [-0.25, -0.2) is 4.98 Å². The van der Waals surface area contributed by atoms with E-state index in [0.29, 0.717) is 11.1 Å². The van der Waals surface area contributed by atoms with Gasteiger partial charge in [0.25, 0.3) is 0 Å². The summed E-state index contributed by atoms with van der Waals surface area (Å²) >= 11 is 7.37.